The van der Waals surface area contributed by atoms with Gasteiger partial charge in [0.25, 0.3) is 0 Å². The first-order chi connectivity index (χ1) is 9.29. The fourth-order valence-corrected chi connectivity index (χ4v) is 1.47. The lowest BCUT2D eigenvalue weighted by Gasteiger charge is -2.06. The van der Waals surface area contributed by atoms with Crippen LogP contribution in [0.3, 0.4) is 0 Å². The van der Waals surface area contributed by atoms with E-state index in [-0.39, 0.29) is 5.69 Å². The molecular weight excluding hydrogens is 244 g/mol. The lowest BCUT2D eigenvalue weighted by Crippen LogP contribution is -2.08. The first-order valence-corrected chi connectivity index (χ1v) is 5.96. The maximum Gasteiger partial charge on any atom is 0.358 e. The largest absolute Gasteiger partial charge is 0.487 e. The topological polar surface area (TPSA) is 61.3 Å². The van der Waals surface area contributed by atoms with Crippen LogP contribution in [0.2, 0.25) is 0 Å². The number of aromatic nitrogens is 2. The highest BCUT2D eigenvalue weighted by Crippen LogP contribution is 2.12. The summed E-state index contributed by atoms with van der Waals surface area (Å²) in [7, 11) is 0. The Hall–Kier alpha value is -2.43. The Bertz CT molecular complexity index is 543. The van der Waals surface area contributed by atoms with Gasteiger partial charge in [-0.05, 0) is 12.5 Å². The van der Waals surface area contributed by atoms with Crippen molar-refractivity contribution in [2.45, 2.75) is 13.5 Å². The molecule has 0 spiro atoms. The Kier molecular flexibility index (Phi) is 4.44. The summed E-state index contributed by atoms with van der Waals surface area (Å²) < 4.78 is 10.4. The van der Waals surface area contributed by atoms with Gasteiger partial charge in [-0.3, -0.25) is 0 Å². The zero-order valence-corrected chi connectivity index (χ0v) is 10.6. The smallest absolute Gasteiger partial charge is 0.358 e. The fourth-order valence-electron chi connectivity index (χ4n) is 1.47. The third-order valence-electron chi connectivity index (χ3n) is 2.36. The summed E-state index contributed by atoms with van der Waals surface area (Å²) in [6.07, 6.45) is 1.46. The van der Waals surface area contributed by atoms with Crippen LogP contribution in [0.25, 0.3) is 0 Å². The monoisotopic (exact) mass is 258 g/mol. The lowest BCUT2D eigenvalue weighted by atomic mass is 10.2. The third-order valence-corrected chi connectivity index (χ3v) is 2.36. The van der Waals surface area contributed by atoms with E-state index in [2.05, 4.69) is 10.2 Å². The molecule has 1 aromatic carbocycles. The predicted molar refractivity (Wildman–Crippen MR) is 68.8 cm³/mol. The van der Waals surface area contributed by atoms with Crippen LogP contribution in [0.4, 0.5) is 0 Å². The van der Waals surface area contributed by atoms with Gasteiger partial charge in [0, 0.05) is 6.07 Å². The molecule has 1 heterocycles. The van der Waals surface area contributed by atoms with Crippen molar-refractivity contribution in [2.75, 3.05) is 6.61 Å². The molecule has 1 aromatic heterocycles. The van der Waals surface area contributed by atoms with Gasteiger partial charge >= 0.3 is 5.97 Å². The quantitative estimate of drug-likeness (QED) is 0.770. The number of benzene rings is 1. The highest BCUT2D eigenvalue weighted by Gasteiger charge is 2.10. The molecule has 0 unspecified atom stereocenters. The maximum atomic E-state index is 11.5. The van der Waals surface area contributed by atoms with Gasteiger partial charge in [-0.15, -0.1) is 5.10 Å². The van der Waals surface area contributed by atoms with Gasteiger partial charge < -0.3 is 9.47 Å². The van der Waals surface area contributed by atoms with Crippen molar-refractivity contribution in [3.8, 4) is 5.75 Å². The second-order valence-electron chi connectivity index (χ2n) is 3.77. The second-order valence-corrected chi connectivity index (χ2v) is 3.77. The fraction of sp³-hybridized carbons (Fsp3) is 0.214. The minimum atomic E-state index is -0.500. The maximum absolute atomic E-state index is 11.5. The molecule has 0 bridgehead atoms. The molecule has 0 saturated carbocycles. The average molecular weight is 258 g/mol. The van der Waals surface area contributed by atoms with Gasteiger partial charge in [0.15, 0.2) is 5.69 Å². The predicted octanol–water partition coefficient (Wildman–Crippen LogP) is 2.23. The van der Waals surface area contributed by atoms with Crippen LogP contribution in [0.1, 0.15) is 23.0 Å². The first kappa shape index (κ1) is 13.0. The van der Waals surface area contributed by atoms with E-state index in [9.17, 15) is 4.79 Å². The molecule has 5 heteroatoms. The molecule has 19 heavy (non-hydrogen) atoms. The molecule has 0 atom stereocenters. The lowest BCUT2D eigenvalue weighted by molar-refractivity contribution is 0.0517. The molecule has 0 amide bonds. The number of rotatable bonds is 5. The van der Waals surface area contributed by atoms with Crippen LogP contribution < -0.4 is 4.74 Å². The van der Waals surface area contributed by atoms with Crippen molar-refractivity contribution >= 4 is 5.97 Å². The van der Waals surface area contributed by atoms with Crippen molar-refractivity contribution in [3.05, 3.63) is 53.9 Å². The van der Waals surface area contributed by atoms with Crippen molar-refractivity contribution in [1.29, 1.82) is 0 Å². The van der Waals surface area contributed by atoms with Crippen molar-refractivity contribution in [3.63, 3.8) is 0 Å². The zero-order chi connectivity index (χ0) is 13.5. The molecule has 0 fully saturated rings. The summed E-state index contributed by atoms with van der Waals surface area (Å²) in [5, 5.41) is 7.43. The molecule has 0 N–H and O–H groups in total. The number of ether oxygens (including phenoxy) is 2. The van der Waals surface area contributed by atoms with Gasteiger partial charge in [0.05, 0.1) is 12.8 Å². The Morgan fingerprint density at radius 2 is 2.05 bits per heavy atom. The normalized spacial score (nSPS) is 9.95. The molecule has 0 radical (unpaired) electrons. The molecular formula is C14H14N2O3. The standard InChI is InChI=1S/C14H14N2O3/c1-2-18-14(17)13-8-12(9-15-16-13)19-10-11-6-4-3-5-7-11/h3-9H,2,10H2,1H3. The number of nitrogens with zero attached hydrogens (tertiary/aromatic N) is 2. The summed E-state index contributed by atoms with van der Waals surface area (Å²) in [6.45, 7) is 2.45. The minimum Gasteiger partial charge on any atom is -0.487 e. The van der Waals surface area contributed by atoms with Crippen molar-refractivity contribution in [1.82, 2.24) is 10.2 Å². The first-order valence-electron chi connectivity index (χ1n) is 5.96. The number of hydrogen-bond donors (Lipinski definition) is 0. The van der Waals surface area contributed by atoms with Crippen molar-refractivity contribution < 1.29 is 14.3 Å². The molecule has 98 valence electrons. The van der Waals surface area contributed by atoms with Gasteiger partial charge in [-0.25, -0.2) is 4.79 Å². The van der Waals surface area contributed by atoms with Crippen LogP contribution in [0.5, 0.6) is 5.75 Å². The summed E-state index contributed by atoms with van der Waals surface area (Å²) in [4.78, 5) is 11.5. The third kappa shape index (κ3) is 3.77. The van der Waals surface area contributed by atoms with E-state index in [1.54, 1.807) is 6.92 Å². The van der Waals surface area contributed by atoms with E-state index in [1.807, 2.05) is 30.3 Å². The van der Waals surface area contributed by atoms with Gasteiger partial charge in [-0.1, -0.05) is 30.3 Å². The summed E-state index contributed by atoms with van der Waals surface area (Å²) >= 11 is 0. The Morgan fingerprint density at radius 1 is 1.26 bits per heavy atom. The Labute approximate surface area is 111 Å². The molecule has 0 saturated heterocycles. The van der Waals surface area contributed by atoms with Crippen LogP contribution in [0, 0.1) is 0 Å². The molecule has 2 aromatic rings. The van der Waals surface area contributed by atoms with E-state index >= 15 is 0 Å². The van der Waals surface area contributed by atoms with Gasteiger partial charge in [0.1, 0.15) is 12.4 Å². The number of carbonyl (C=O) groups excluding carboxylic acids is 1. The second kappa shape index (κ2) is 6.49. The van der Waals surface area contributed by atoms with E-state index < -0.39 is 5.97 Å². The molecule has 0 aliphatic rings. The molecule has 0 aliphatic heterocycles. The summed E-state index contributed by atoms with van der Waals surface area (Å²) in [5.41, 5.74) is 1.18. The SMILES string of the molecule is CCOC(=O)c1cc(OCc2ccccc2)cnn1. The average Bonchev–Trinajstić information content (AvgIpc) is 2.47. The summed E-state index contributed by atoms with van der Waals surface area (Å²) in [5.74, 6) is -0.0120. The van der Waals surface area contributed by atoms with Gasteiger partial charge in [0.2, 0.25) is 0 Å². The van der Waals surface area contributed by atoms with Gasteiger partial charge in [-0.2, -0.15) is 5.10 Å². The number of hydrogen-bond acceptors (Lipinski definition) is 5. The van der Waals surface area contributed by atoms with Crippen molar-refractivity contribution in [2.24, 2.45) is 0 Å². The minimum absolute atomic E-state index is 0.146. The van der Waals surface area contributed by atoms with E-state index in [4.69, 9.17) is 9.47 Å². The van der Waals surface area contributed by atoms with Crippen LogP contribution in [-0.2, 0) is 11.3 Å². The Morgan fingerprint density at radius 3 is 2.79 bits per heavy atom. The Balaban J connectivity index is 2.01. The van der Waals surface area contributed by atoms with Crippen LogP contribution >= 0.6 is 0 Å². The van der Waals surface area contributed by atoms with Crippen LogP contribution in [0.15, 0.2) is 42.6 Å². The number of carbonyl (C=O) groups is 1. The van der Waals surface area contributed by atoms with E-state index in [0.717, 1.165) is 5.56 Å². The van der Waals surface area contributed by atoms with E-state index in [0.29, 0.717) is 19.0 Å². The van der Waals surface area contributed by atoms with E-state index in [1.165, 1.54) is 12.3 Å². The zero-order valence-electron chi connectivity index (χ0n) is 10.6. The summed E-state index contributed by atoms with van der Waals surface area (Å²) in [6, 6.07) is 11.3. The highest BCUT2D eigenvalue weighted by atomic mass is 16.5. The molecule has 0 aliphatic carbocycles. The molecule has 2 rings (SSSR count). The molecule has 5 nitrogen and oxygen atoms in total. The number of esters is 1. The highest BCUT2D eigenvalue weighted by molar-refractivity contribution is 5.87. The van der Waals surface area contributed by atoms with Crippen LogP contribution in [-0.4, -0.2) is 22.8 Å².